The molecule has 2 rings (SSSR count). The third-order valence-corrected chi connectivity index (χ3v) is 3.65. The Morgan fingerprint density at radius 2 is 2.38 bits per heavy atom. The molecule has 0 saturated carbocycles. The molecule has 1 aromatic carbocycles. The number of benzene rings is 1. The van der Waals surface area contributed by atoms with Crippen LogP contribution < -0.4 is 5.32 Å². The lowest BCUT2D eigenvalue weighted by atomic mass is 10.2. The van der Waals surface area contributed by atoms with Gasteiger partial charge in [-0.2, -0.15) is 0 Å². The molecule has 1 heterocycles. The highest BCUT2D eigenvalue weighted by atomic mass is 32.2. The van der Waals surface area contributed by atoms with Crippen molar-refractivity contribution in [2.75, 3.05) is 11.1 Å². The maximum atomic E-state index is 4.69. The molecule has 86 valence electrons. The highest BCUT2D eigenvalue weighted by Gasteiger charge is 2.13. The van der Waals surface area contributed by atoms with Crippen LogP contribution >= 0.6 is 11.8 Å². The van der Waals surface area contributed by atoms with Crippen LogP contribution in [0.2, 0.25) is 0 Å². The molecule has 0 fully saturated rings. The van der Waals surface area contributed by atoms with Crippen molar-refractivity contribution in [1.82, 2.24) is 0 Å². The van der Waals surface area contributed by atoms with E-state index in [1.807, 2.05) is 11.8 Å². The Morgan fingerprint density at radius 1 is 1.50 bits per heavy atom. The highest BCUT2D eigenvalue weighted by molar-refractivity contribution is 8.14. The first kappa shape index (κ1) is 11.5. The fraction of sp³-hybridized carbons (Fsp3) is 0.462. The van der Waals surface area contributed by atoms with Crippen molar-refractivity contribution in [3.63, 3.8) is 0 Å². The lowest BCUT2D eigenvalue weighted by Crippen LogP contribution is -2.19. The first-order chi connectivity index (χ1) is 7.78. The van der Waals surface area contributed by atoms with E-state index < -0.39 is 0 Å². The number of hydrogen-bond donors (Lipinski definition) is 1. The molecule has 1 N–H and O–H groups in total. The van der Waals surface area contributed by atoms with Gasteiger partial charge in [-0.25, -0.2) is 0 Å². The second-order valence-corrected chi connectivity index (χ2v) is 5.21. The van der Waals surface area contributed by atoms with Gasteiger partial charge in [-0.15, -0.1) is 0 Å². The Bertz CT molecular complexity index is 387. The smallest absolute Gasteiger partial charge is 0.161 e. The number of hydrogen-bond acceptors (Lipinski definition) is 3. The molecule has 0 amide bonds. The third-order valence-electron chi connectivity index (χ3n) is 2.73. The van der Waals surface area contributed by atoms with Crippen molar-refractivity contribution < 1.29 is 0 Å². The zero-order chi connectivity index (χ0) is 11.4. The standard InChI is InChI=1S/C13H18N2S/c1-3-11-7-8-16-13(14-11)15-12-6-4-5-10(2)9-12/h4-6,9,11H,3,7-8H2,1-2H3,(H,14,15). The van der Waals surface area contributed by atoms with Crippen LogP contribution in [-0.4, -0.2) is 17.0 Å². The zero-order valence-electron chi connectivity index (χ0n) is 9.86. The van der Waals surface area contributed by atoms with E-state index in [1.165, 1.54) is 17.7 Å². The third kappa shape index (κ3) is 3.01. The minimum Gasteiger partial charge on any atom is -0.335 e. The number of nitrogens with zero attached hydrogens (tertiary/aromatic N) is 1. The fourth-order valence-electron chi connectivity index (χ4n) is 1.77. The van der Waals surface area contributed by atoms with Crippen molar-refractivity contribution in [2.24, 2.45) is 4.99 Å². The van der Waals surface area contributed by atoms with Crippen LogP contribution in [0.25, 0.3) is 0 Å². The predicted molar refractivity (Wildman–Crippen MR) is 73.4 cm³/mol. The number of thioether (sulfide) groups is 1. The number of amidine groups is 1. The van der Waals surface area contributed by atoms with Gasteiger partial charge in [-0.1, -0.05) is 30.8 Å². The van der Waals surface area contributed by atoms with Gasteiger partial charge in [0.25, 0.3) is 0 Å². The first-order valence-corrected chi connectivity index (χ1v) is 6.81. The van der Waals surface area contributed by atoms with Crippen LogP contribution in [0.15, 0.2) is 29.3 Å². The second kappa shape index (κ2) is 5.39. The average molecular weight is 234 g/mol. The Hall–Kier alpha value is -0.960. The maximum absolute atomic E-state index is 4.69. The Kier molecular flexibility index (Phi) is 3.88. The van der Waals surface area contributed by atoms with Gasteiger partial charge >= 0.3 is 0 Å². The molecular formula is C13H18N2S. The van der Waals surface area contributed by atoms with Gasteiger partial charge < -0.3 is 5.32 Å². The molecule has 2 nitrogen and oxygen atoms in total. The van der Waals surface area contributed by atoms with Crippen molar-refractivity contribution in [1.29, 1.82) is 0 Å². The SMILES string of the molecule is CCC1CCSC(Nc2cccc(C)c2)=N1. The van der Waals surface area contributed by atoms with Gasteiger partial charge in [0.1, 0.15) is 0 Å². The van der Waals surface area contributed by atoms with Crippen molar-refractivity contribution in [3.05, 3.63) is 29.8 Å². The maximum Gasteiger partial charge on any atom is 0.161 e. The van der Waals surface area contributed by atoms with Gasteiger partial charge in [0.15, 0.2) is 5.17 Å². The zero-order valence-corrected chi connectivity index (χ0v) is 10.7. The van der Waals surface area contributed by atoms with Crippen LogP contribution in [0.4, 0.5) is 5.69 Å². The van der Waals surface area contributed by atoms with Crippen LogP contribution in [0.3, 0.4) is 0 Å². The molecule has 0 spiro atoms. The summed E-state index contributed by atoms with van der Waals surface area (Å²) < 4.78 is 0. The monoisotopic (exact) mass is 234 g/mol. The quantitative estimate of drug-likeness (QED) is 0.844. The molecule has 1 aliphatic heterocycles. The molecule has 1 aromatic rings. The Labute approximate surface area is 102 Å². The molecule has 0 bridgehead atoms. The molecule has 3 heteroatoms. The summed E-state index contributed by atoms with van der Waals surface area (Å²) in [6.45, 7) is 4.31. The molecule has 1 unspecified atom stereocenters. The van der Waals surface area contributed by atoms with E-state index in [4.69, 9.17) is 4.99 Å². The van der Waals surface area contributed by atoms with E-state index in [0.717, 1.165) is 17.3 Å². The summed E-state index contributed by atoms with van der Waals surface area (Å²) in [4.78, 5) is 4.69. The average Bonchev–Trinajstić information content (AvgIpc) is 2.29. The van der Waals surface area contributed by atoms with Gasteiger partial charge in [-0.3, -0.25) is 4.99 Å². The summed E-state index contributed by atoms with van der Waals surface area (Å²) in [6.07, 6.45) is 2.35. The molecule has 0 aliphatic carbocycles. The summed E-state index contributed by atoms with van der Waals surface area (Å²) in [5.41, 5.74) is 2.42. The van der Waals surface area contributed by atoms with Gasteiger partial charge in [-0.05, 0) is 37.5 Å². The van der Waals surface area contributed by atoms with Crippen LogP contribution in [0.1, 0.15) is 25.3 Å². The summed E-state index contributed by atoms with van der Waals surface area (Å²) >= 11 is 1.82. The molecule has 0 radical (unpaired) electrons. The number of aliphatic imine (C=N–C) groups is 1. The van der Waals surface area contributed by atoms with E-state index >= 15 is 0 Å². The molecule has 0 aromatic heterocycles. The fourth-order valence-corrected chi connectivity index (χ4v) is 2.77. The lowest BCUT2D eigenvalue weighted by Gasteiger charge is -2.19. The van der Waals surface area contributed by atoms with E-state index in [2.05, 4.69) is 43.4 Å². The van der Waals surface area contributed by atoms with E-state index in [-0.39, 0.29) is 0 Å². The van der Waals surface area contributed by atoms with E-state index in [0.29, 0.717) is 6.04 Å². The topological polar surface area (TPSA) is 24.4 Å². The van der Waals surface area contributed by atoms with E-state index in [1.54, 1.807) is 0 Å². The molecular weight excluding hydrogens is 216 g/mol. The van der Waals surface area contributed by atoms with E-state index in [9.17, 15) is 0 Å². The molecule has 1 atom stereocenters. The van der Waals surface area contributed by atoms with Gasteiger partial charge in [0.2, 0.25) is 0 Å². The molecule has 1 aliphatic rings. The normalized spacial score (nSPS) is 20.4. The summed E-state index contributed by atoms with van der Waals surface area (Å²) in [7, 11) is 0. The van der Waals surface area contributed by atoms with Crippen LogP contribution in [0.5, 0.6) is 0 Å². The first-order valence-electron chi connectivity index (χ1n) is 5.82. The molecule has 0 saturated heterocycles. The van der Waals surface area contributed by atoms with Crippen molar-refractivity contribution >= 4 is 22.6 Å². The number of rotatable bonds is 2. The van der Waals surface area contributed by atoms with Crippen molar-refractivity contribution in [3.8, 4) is 0 Å². The highest BCUT2D eigenvalue weighted by Crippen LogP contribution is 2.21. The van der Waals surface area contributed by atoms with Crippen molar-refractivity contribution in [2.45, 2.75) is 32.7 Å². The summed E-state index contributed by atoms with van der Waals surface area (Å²) in [6, 6.07) is 8.93. The largest absolute Gasteiger partial charge is 0.335 e. The minimum atomic E-state index is 0.508. The van der Waals surface area contributed by atoms with Gasteiger partial charge in [0, 0.05) is 11.4 Å². The lowest BCUT2D eigenvalue weighted by molar-refractivity contribution is 0.634. The minimum absolute atomic E-state index is 0.508. The summed E-state index contributed by atoms with van der Waals surface area (Å²) in [5.74, 6) is 1.18. The molecule has 16 heavy (non-hydrogen) atoms. The van der Waals surface area contributed by atoms with Crippen LogP contribution in [-0.2, 0) is 0 Å². The number of anilines is 1. The Morgan fingerprint density at radius 3 is 3.12 bits per heavy atom. The summed E-state index contributed by atoms with van der Waals surface area (Å²) in [5, 5.41) is 4.47. The number of aryl methyl sites for hydroxylation is 1. The second-order valence-electron chi connectivity index (χ2n) is 4.13. The Balaban J connectivity index is 2.06. The number of nitrogens with one attached hydrogen (secondary N) is 1. The predicted octanol–water partition coefficient (Wildman–Crippen LogP) is 3.68. The van der Waals surface area contributed by atoms with Gasteiger partial charge in [0.05, 0.1) is 6.04 Å². The van der Waals surface area contributed by atoms with Crippen LogP contribution in [0, 0.1) is 6.92 Å².